The van der Waals surface area contributed by atoms with E-state index in [-0.39, 0.29) is 23.7 Å². The minimum atomic E-state index is -0.00236. The molecule has 5 heteroatoms. The standard InChI is InChI=1S/C20H30N2O3/c1-14-6-4-7-18(15(14)2)22-20(24)17-10-8-16(9-11-17)19(23)21-12-5-13-25-3/h4,6-7,16-17H,5,8-13H2,1-3H3,(H,21,23)(H,22,24). The van der Waals surface area contributed by atoms with Gasteiger partial charge in [0.2, 0.25) is 11.8 Å². The van der Waals surface area contributed by atoms with E-state index in [9.17, 15) is 9.59 Å². The maximum atomic E-state index is 12.5. The van der Waals surface area contributed by atoms with E-state index >= 15 is 0 Å². The third-order valence-electron chi connectivity index (χ3n) is 5.16. The number of carbonyl (C=O) groups is 2. The Labute approximate surface area is 150 Å². The summed E-state index contributed by atoms with van der Waals surface area (Å²) in [7, 11) is 1.66. The Hall–Kier alpha value is -1.88. The number of anilines is 1. The lowest BCUT2D eigenvalue weighted by molar-refractivity contribution is -0.128. The van der Waals surface area contributed by atoms with Crippen LogP contribution in [0.2, 0.25) is 0 Å². The van der Waals surface area contributed by atoms with E-state index in [2.05, 4.69) is 10.6 Å². The number of methoxy groups -OCH3 is 1. The summed E-state index contributed by atoms with van der Waals surface area (Å²) >= 11 is 0. The zero-order chi connectivity index (χ0) is 18.2. The fourth-order valence-electron chi connectivity index (χ4n) is 3.31. The summed E-state index contributed by atoms with van der Waals surface area (Å²) in [5, 5.41) is 6.03. The highest BCUT2D eigenvalue weighted by Gasteiger charge is 2.29. The summed E-state index contributed by atoms with van der Waals surface area (Å²) in [6.07, 6.45) is 3.93. The smallest absolute Gasteiger partial charge is 0.227 e. The SMILES string of the molecule is COCCCNC(=O)C1CCC(C(=O)Nc2cccc(C)c2C)CC1. The molecule has 1 saturated carbocycles. The van der Waals surface area contributed by atoms with Gasteiger partial charge in [-0.3, -0.25) is 9.59 Å². The highest BCUT2D eigenvalue weighted by atomic mass is 16.5. The number of nitrogens with one attached hydrogen (secondary N) is 2. The van der Waals surface area contributed by atoms with Gasteiger partial charge in [-0.05, 0) is 63.1 Å². The van der Waals surface area contributed by atoms with Crippen molar-refractivity contribution < 1.29 is 14.3 Å². The summed E-state index contributed by atoms with van der Waals surface area (Å²) in [6.45, 7) is 5.38. The fraction of sp³-hybridized carbons (Fsp3) is 0.600. The van der Waals surface area contributed by atoms with Crippen LogP contribution in [-0.4, -0.2) is 32.1 Å². The molecule has 1 aliphatic carbocycles. The number of hydrogen-bond acceptors (Lipinski definition) is 3. The summed E-state index contributed by atoms with van der Waals surface area (Å²) in [6, 6.07) is 5.95. The van der Waals surface area contributed by atoms with Crippen molar-refractivity contribution in [1.82, 2.24) is 5.32 Å². The van der Waals surface area contributed by atoms with Gasteiger partial charge in [-0.25, -0.2) is 0 Å². The van der Waals surface area contributed by atoms with Gasteiger partial charge in [-0.2, -0.15) is 0 Å². The van der Waals surface area contributed by atoms with Crippen LogP contribution in [0.25, 0.3) is 0 Å². The van der Waals surface area contributed by atoms with E-state index in [0.29, 0.717) is 13.2 Å². The molecule has 1 aromatic carbocycles. The van der Waals surface area contributed by atoms with Crippen molar-refractivity contribution >= 4 is 17.5 Å². The first-order chi connectivity index (χ1) is 12.0. The summed E-state index contributed by atoms with van der Waals surface area (Å²) < 4.78 is 4.98. The Kier molecular flexibility index (Phi) is 7.44. The quantitative estimate of drug-likeness (QED) is 0.745. The van der Waals surface area contributed by atoms with Crippen LogP contribution in [0.3, 0.4) is 0 Å². The predicted molar refractivity (Wildman–Crippen MR) is 99.5 cm³/mol. The van der Waals surface area contributed by atoms with Crippen molar-refractivity contribution in [3.63, 3.8) is 0 Å². The largest absolute Gasteiger partial charge is 0.385 e. The summed E-state index contributed by atoms with van der Waals surface area (Å²) in [4.78, 5) is 24.7. The number of rotatable bonds is 7. The van der Waals surface area contributed by atoms with Gasteiger partial charge in [0.05, 0.1) is 0 Å². The maximum absolute atomic E-state index is 12.5. The Morgan fingerprint density at radius 1 is 1.08 bits per heavy atom. The number of aryl methyl sites for hydroxylation is 1. The number of amides is 2. The molecule has 2 N–H and O–H groups in total. The first-order valence-electron chi connectivity index (χ1n) is 9.16. The van der Waals surface area contributed by atoms with Gasteiger partial charge >= 0.3 is 0 Å². The van der Waals surface area contributed by atoms with Crippen LogP contribution in [0.4, 0.5) is 5.69 Å². The minimum Gasteiger partial charge on any atom is -0.385 e. The van der Waals surface area contributed by atoms with E-state index in [1.54, 1.807) is 7.11 Å². The van der Waals surface area contributed by atoms with E-state index in [4.69, 9.17) is 4.74 Å². The van der Waals surface area contributed by atoms with Gasteiger partial charge in [0.25, 0.3) is 0 Å². The molecule has 5 nitrogen and oxygen atoms in total. The zero-order valence-corrected chi connectivity index (χ0v) is 15.6. The molecule has 0 unspecified atom stereocenters. The third kappa shape index (κ3) is 5.56. The lowest BCUT2D eigenvalue weighted by Crippen LogP contribution is -2.36. The Morgan fingerprint density at radius 3 is 2.36 bits per heavy atom. The van der Waals surface area contributed by atoms with Crippen molar-refractivity contribution in [2.24, 2.45) is 11.8 Å². The lowest BCUT2D eigenvalue weighted by Gasteiger charge is -2.27. The van der Waals surface area contributed by atoms with Crippen molar-refractivity contribution in [1.29, 1.82) is 0 Å². The second-order valence-electron chi connectivity index (χ2n) is 6.92. The molecule has 2 amide bonds. The van der Waals surface area contributed by atoms with Gasteiger partial charge in [-0.1, -0.05) is 12.1 Å². The molecule has 0 aromatic heterocycles. The highest BCUT2D eigenvalue weighted by molar-refractivity contribution is 5.93. The molecule has 0 saturated heterocycles. The molecular formula is C20H30N2O3. The first kappa shape index (κ1) is 19.4. The zero-order valence-electron chi connectivity index (χ0n) is 15.6. The molecule has 25 heavy (non-hydrogen) atoms. The number of benzene rings is 1. The number of hydrogen-bond donors (Lipinski definition) is 2. The molecule has 2 rings (SSSR count). The third-order valence-corrected chi connectivity index (χ3v) is 5.16. The molecular weight excluding hydrogens is 316 g/mol. The van der Waals surface area contributed by atoms with Crippen LogP contribution in [0.1, 0.15) is 43.2 Å². The van der Waals surface area contributed by atoms with Crippen molar-refractivity contribution in [3.8, 4) is 0 Å². The molecule has 0 spiro atoms. The van der Waals surface area contributed by atoms with Crippen LogP contribution in [0.5, 0.6) is 0 Å². The average molecular weight is 346 g/mol. The molecule has 0 radical (unpaired) electrons. The van der Waals surface area contributed by atoms with Crippen molar-refractivity contribution in [2.45, 2.75) is 46.0 Å². The monoisotopic (exact) mass is 346 g/mol. The van der Waals surface area contributed by atoms with Gasteiger partial charge in [0.15, 0.2) is 0 Å². The van der Waals surface area contributed by atoms with Crippen LogP contribution in [0.15, 0.2) is 18.2 Å². The van der Waals surface area contributed by atoms with E-state index in [1.807, 2.05) is 32.0 Å². The molecule has 0 bridgehead atoms. The van der Waals surface area contributed by atoms with Crippen LogP contribution >= 0.6 is 0 Å². The summed E-state index contributed by atoms with van der Waals surface area (Å²) in [5.41, 5.74) is 3.18. The molecule has 1 aromatic rings. The minimum absolute atomic E-state index is 0.00236. The Bertz CT molecular complexity index is 593. The van der Waals surface area contributed by atoms with Crippen LogP contribution < -0.4 is 10.6 Å². The Balaban J connectivity index is 1.78. The van der Waals surface area contributed by atoms with Crippen LogP contribution in [0, 0.1) is 25.7 Å². The first-order valence-corrected chi connectivity index (χ1v) is 9.16. The van der Waals surface area contributed by atoms with Crippen LogP contribution in [-0.2, 0) is 14.3 Å². The molecule has 0 atom stereocenters. The van der Waals surface area contributed by atoms with Gasteiger partial charge in [0, 0.05) is 37.8 Å². The average Bonchev–Trinajstić information content (AvgIpc) is 2.62. The van der Waals surface area contributed by atoms with Crippen molar-refractivity contribution in [2.75, 3.05) is 25.6 Å². The van der Waals surface area contributed by atoms with E-state index in [1.165, 1.54) is 5.56 Å². The normalized spacial score (nSPS) is 20.1. The predicted octanol–water partition coefficient (Wildman–Crippen LogP) is 3.20. The van der Waals surface area contributed by atoms with E-state index < -0.39 is 0 Å². The van der Waals surface area contributed by atoms with E-state index in [0.717, 1.165) is 43.4 Å². The molecule has 1 aliphatic rings. The second-order valence-corrected chi connectivity index (χ2v) is 6.92. The summed E-state index contributed by atoms with van der Waals surface area (Å²) in [5.74, 6) is 0.224. The Morgan fingerprint density at radius 2 is 1.72 bits per heavy atom. The fourth-order valence-corrected chi connectivity index (χ4v) is 3.31. The molecule has 0 aliphatic heterocycles. The topological polar surface area (TPSA) is 67.4 Å². The number of carbonyl (C=O) groups excluding carboxylic acids is 2. The van der Waals surface area contributed by atoms with Gasteiger partial charge < -0.3 is 15.4 Å². The van der Waals surface area contributed by atoms with Crippen molar-refractivity contribution in [3.05, 3.63) is 29.3 Å². The lowest BCUT2D eigenvalue weighted by atomic mass is 9.81. The molecule has 0 heterocycles. The van der Waals surface area contributed by atoms with Gasteiger partial charge in [-0.15, -0.1) is 0 Å². The highest BCUT2D eigenvalue weighted by Crippen LogP contribution is 2.30. The number of ether oxygens (including phenoxy) is 1. The second kappa shape index (κ2) is 9.56. The maximum Gasteiger partial charge on any atom is 0.227 e. The molecule has 1 fully saturated rings. The van der Waals surface area contributed by atoms with Gasteiger partial charge in [0.1, 0.15) is 0 Å². The molecule has 138 valence electrons.